The second-order valence-corrected chi connectivity index (χ2v) is 2.13. The highest BCUT2D eigenvalue weighted by Gasteiger charge is 2.04. The molecule has 0 bridgehead atoms. The molecule has 0 amide bonds. The molecule has 0 aliphatic carbocycles. The Labute approximate surface area is 67.4 Å². The van der Waals surface area contributed by atoms with Crippen LogP contribution in [0.2, 0.25) is 0 Å². The van der Waals surface area contributed by atoms with Gasteiger partial charge >= 0.3 is 0 Å². The van der Waals surface area contributed by atoms with E-state index in [1.807, 2.05) is 0 Å². The van der Waals surface area contributed by atoms with E-state index in [4.69, 9.17) is 0 Å². The molecule has 0 aliphatic heterocycles. The van der Waals surface area contributed by atoms with E-state index in [0.717, 1.165) is 6.20 Å². The largest absolute Gasteiger partial charge is 0.377 e. The Kier molecular flexibility index (Phi) is 2.90. The number of halogens is 3. The molecular weight excluding hydrogens is 169 g/mol. The van der Waals surface area contributed by atoms with Crippen molar-refractivity contribution in [3.05, 3.63) is 24.3 Å². The topological polar surface area (TPSA) is 24.9 Å². The maximum absolute atomic E-state index is 12.7. The molecule has 1 N–H and O–H groups in total. The number of rotatable bonds is 3. The molecule has 0 aliphatic rings. The molecule has 2 nitrogen and oxygen atoms in total. The summed E-state index contributed by atoms with van der Waals surface area (Å²) in [6, 6.07) is 1.30. The number of hydrogen-bond acceptors (Lipinski definition) is 2. The van der Waals surface area contributed by atoms with Crippen LogP contribution in [0.15, 0.2) is 18.5 Å². The zero-order chi connectivity index (χ0) is 8.97. The number of nitrogens with one attached hydrogen (secondary N) is 1. The normalized spacial score (nSPS) is 10.3. The fourth-order valence-corrected chi connectivity index (χ4v) is 0.706. The Balaban J connectivity index is 2.57. The van der Waals surface area contributed by atoms with E-state index in [-0.39, 0.29) is 5.69 Å². The highest BCUT2D eigenvalue weighted by atomic mass is 19.3. The molecule has 1 rings (SSSR count). The van der Waals surface area contributed by atoms with Crippen molar-refractivity contribution >= 4 is 5.69 Å². The molecule has 1 aromatic heterocycles. The molecule has 0 saturated heterocycles. The fourth-order valence-electron chi connectivity index (χ4n) is 0.706. The van der Waals surface area contributed by atoms with Crippen molar-refractivity contribution < 1.29 is 13.2 Å². The summed E-state index contributed by atoms with van der Waals surface area (Å²) < 4.78 is 36.0. The summed E-state index contributed by atoms with van der Waals surface area (Å²) in [7, 11) is 0. The fraction of sp³-hybridized carbons (Fsp3) is 0.286. The second-order valence-electron chi connectivity index (χ2n) is 2.13. The van der Waals surface area contributed by atoms with Crippen LogP contribution in [0, 0.1) is 5.82 Å². The minimum atomic E-state index is -2.49. The van der Waals surface area contributed by atoms with Gasteiger partial charge in [-0.05, 0) is 6.07 Å². The van der Waals surface area contributed by atoms with E-state index >= 15 is 0 Å². The average Bonchev–Trinajstić information content (AvgIpc) is 2.03. The Hall–Kier alpha value is -1.26. The highest BCUT2D eigenvalue weighted by Crippen LogP contribution is 2.10. The molecule has 0 aromatic carbocycles. The van der Waals surface area contributed by atoms with Crippen LogP contribution in [0.1, 0.15) is 0 Å². The molecule has 0 spiro atoms. The van der Waals surface area contributed by atoms with Crippen molar-refractivity contribution in [1.29, 1.82) is 0 Å². The summed E-state index contributed by atoms with van der Waals surface area (Å²) in [6.07, 6.45) is -0.192. The maximum Gasteiger partial charge on any atom is 0.255 e. The Morgan fingerprint density at radius 1 is 1.50 bits per heavy atom. The first kappa shape index (κ1) is 8.83. The zero-order valence-corrected chi connectivity index (χ0v) is 6.10. The van der Waals surface area contributed by atoms with Crippen molar-refractivity contribution in [2.75, 3.05) is 11.9 Å². The lowest BCUT2D eigenvalue weighted by molar-refractivity contribution is 0.163. The molecule has 1 heterocycles. The van der Waals surface area contributed by atoms with Crippen molar-refractivity contribution in [3.63, 3.8) is 0 Å². The lowest BCUT2D eigenvalue weighted by atomic mass is 10.4. The van der Waals surface area contributed by atoms with Gasteiger partial charge in [-0.15, -0.1) is 0 Å². The first-order valence-electron chi connectivity index (χ1n) is 3.31. The minimum absolute atomic E-state index is 0.0466. The Morgan fingerprint density at radius 2 is 2.25 bits per heavy atom. The lowest BCUT2D eigenvalue weighted by Crippen LogP contribution is -2.11. The lowest BCUT2D eigenvalue weighted by Gasteiger charge is -2.04. The van der Waals surface area contributed by atoms with Crippen molar-refractivity contribution in [1.82, 2.24) is 4.98 Å². The van der Waals surface area contributed by atoms with E-state index in [2.05, 4.69) is 10.3 Å². The van der Waals surface area contributed by atoms with Gasteiger partial charge in [0.15, 0.2) is 5.82 Å². The van der Waals surface area contributed by atoms with E-state index in [1.54, 1.807) is 0 Å². The van der Waals surface area contributed by atoms with Gasteiger partial charge in [-0.3, -0.25) is 4.98 Å². The van der Waals surface area contributed by atoms with Crippen molar-refractivity contribution in [3.8, 4) is 0 Å². The van der Waals surface area contributed by atoms with Crippen LogP contribution < -0.4 is 5.32 Å². The third-order valence-electron chi connectivity index (χ3n) is 1.22. The third-order valence-corrected chi connectivity index (χ3v) is 1.22. The maximum atomic E-state index is 12.7. The number of anilines is 1. The average molecular weight is 176 g/mol. The van der Waals surface area contributed by atoms with Crippen LogP contribution in [0.3, 0.4) is 0 Å². The van der Waals surface area contributed by atoms with Crippen LogP contribution in [-0.4, -0.2) is 18.0 Å². The van der Waals surface area contributed by atoms with Crippen LogP contribution in [0.4, 0.5) is 18.9 Å². The molecule has 0 radical (unpaired) electrons. The van der Waals surface area contributed by atoms with Gasteiger partial charge in [0.2, 0.25) is 0 Å². The standard InChI is InChI=1S/C7H7F3N2/c8-5-3-11-2-1-6(5)12-4-7(9)10/h1-3,7H,4H2,(H,11,12). The van der Waals surface area contributed by atoms with E-state index in [0.29, 0.717) is 0 Å². The highest BCUT2D eigenvalue weighted by molar-refractivity contribution is 5.42. The van der Waals surface area contributed by atoms with Gasteiger partial charge in [-0.2, -0.15) is 0 Å². The number of aromatic nitrogens is 1. The quantitative estimate of drug-likeness (QED) is 0.760. The molecule has 5 heteroatoms. The zero-order valence-electron chi connectivity index (χ0n) is 6.10. The van der Waals surface area contributed by atoms with Gasteiger partial charge < -0.3 is 5.32 Å². The Bertz CT molecular complexity index is 252. The molecule has 0 unspecified atom stereocenters. The summed E-state index contributed by atoms with van der Waals surface area (Å²) in [5.74, 6) is -0.627. The van der Waals surface area contributed by atoms with Crippen LogP contribution in [-0.2, 0) is 0 Å². The van der Waals surface area contributed by atoms with E-state index in [9.17, 15) is 13.2 Å². The molecule has 1 aromatic rings. The first-order chi connectivity index (χ1) is 5.70. The Morgan fingerprint density at radius 3 is 2.83 bits per heavy atom. The number of pyridine rings is 1. The minimum Gasteiger partial charge on any atom is -0.377 e. The summed E-state index contributed by atoms with van der Waals surface area (Å²) in [4.78, 5) is 3.47. The van der Waals surface area contributed by atoms with Crippen LogP contribution >= 0.6 is 0 Å². The monoisotopic (exact) mass is 176 g/mol. The number of nitrogens with zero attached hydrogens (tertiary/aromatic N) is 1. The van der Waals surface area contributed by atoms with Crippen molar-refractivity contribution in [2.24, 2.45) is 0 Å². The SMILES string of the molecule is Fc1cnccc1NCC(F)F. The summed E-state index contributed by atoms with van der Waals surface area (Å²) in [6.45, 7) is -0.555. The summed E-state index contributed by atoms with van der Waals surface area (Å²) >= 11 is 0. The second kappa shape index (κ2) is 3.94. The predicted molar refractivity (Wildman–Crippen MR) is 38.7 cm³/mol. The molecule has 66 valence electrons. The van der Waals surface area contributed by atoms with Gasteiger partial charge in [-0.1, -0.05) is 0 Å². The molecule has 0 saturated carbocycles. The number of hydrogen-bond donors (Lipinski definition) is 1. The summed E-state index contributed by atoms with van der Waals surface area (Å²) in [5.41, 5.74) is 0.0466. The summed E-state index contributed by atoms with van der Waals surface area (Å²) in [5, 5.41) is 2.25. The molecule has 12 heavy (non-hydrogen) atoms. The van der Waals surface area contributed by atoms with Crippen molar-refractivity contribution in [2.45, 2.75) is 6.43 Å². The first-order valence-corrected chi connectivity index (χ1v) is 3.31. The smallest absolute Gasteiger partial charge is 0.255 e. The van der Waals surface area contributed by atoms with E-state index in [1.165, 1.54) is 12.3 Å². The van der Waals surface area contributed by atoms with Gasteiger partial charge in [0.05, 0.1) is 18.4 Å². The third kappa shape index (κ3) is 2.41. The van der Waals surface area contributed by atoms with Gasteiger partial charge in [0.1, 0.15) is 0 Å². The number of alkyl halides is 2. The van der Waals surface area contributed by atoms with Crippen LogP contribution in [0.5, 0.6) is 0 Å². The molecule has 0 fully saturated rings. The predicted octanol–water partition coefficient (Wildman–Crippen LogP) is 1.90. The van der Waals surface area contributed by atoms with Crippen LogP contribution in [0.25, 0.3) is 0 Å². The van der Waals surface area contributed by atoms with E-state index < -0.39 is 18.8 Å². The molecular formula is C7H7F3N2. The van der Waals surface area contributed by atoms with Gasteiger partial charge in [0, 0.05) is 6.20 Å². The molecule has 0 atom stereocenters. The van der Waals surface area contributed by atoms with Gasteiger partial charge in [0.25, 0.3) is 6.43 Å². The van der Waals surface area contributed by atoms with Gasteiger partial charge in [-0.25, -0.2) is 13.2 Å².